The number of piperidine rings is 2. The summed E-state index contributed by atoms with van der Waals surface area (Å²) >= 11 is 5.97. The molecule has 4 heterocycles. The summed E-state index contributed by atoms with van der Waals surface area (Å²) < 4.78 is 42.7. The third-order valence-electron chi connectivity index (χ3n) is 9.55. The predicted octanol–water partition coefficient (Wildman–Crippen LogP) is 4.77. The third kappa shape index (κ3) is 6.68. The molecule has 11 nitrogen and oxygen atoms in total. The molecule has 48 heavy (non-hydrogen) atoms. The van der Waals surface area contributed by atoms with Gasteiger partial charge in [-0.25, -0.2) is 9.59 Å². The minimum Gasteiger partial charge on any atom is -0.506 e. The van der Waals surface area contributed by atoms with Gasteiger partial charge in [0.15, 0.2) is 0 Å². The van der Waals surface area contributed by atoms with Crippen LogP contribution in [0.5, 0.6) is 5.75 Å². The van der Waals surface area contributed by atoms with Gasteiger partial charge in [-0.05, 0) is 63.5 Å². The van der Waals surface area contributed by atoms with E-state index in [4.69, 9.17) is 11.6 Å². The lowest BCUT2D eigenvalue weighted by Crippen LogP contribution is -2.56. The number of benzene rings is 2. The minimum absolute atomic E-state index is 0.0468. The van der Waals surface area contributed by atoms with Crippen molar-refractivity contribution >= 4 is 45.5 Å². The standard InChI is InChI=1S/C33H37ClF3N7O4/c1-41(2)20-7-11-42(12-8-20)30(46)26(17-19-15-23(33(35,36)37)29(45)24(34)16-19)39-31(47)43-13-9-21(10-14-43)44-27-18-38-25-6-4-3-5-22(25)28(27)40-32(44)48/h3-6,15-16,18,20-21,26,45H,7-14,17H2,1-2H3,(H,39,47)(H,40,48)/t26-/m1/s1. The fourth-order valence-corrected chi connectivity index (χ4v) is 7.14. The number of phenolic OH excluding ortho intramolecular Hbond substituents is 1. The fraction of sp³-hybridized carbons (Fsp3) is 0.455. The number of pyridine rings is 1. The Bertz CT molecular complexity index is 1890. The molecule has 0 spiro atoms. The van der Waals surface area contributed by atoms with E-state index in [0.29, 0.717) is 49.8 Å². The van der Waals surface area contributed by atoms with E-state index < -0.39 is 40.5 Å². The molecule has 2 fully saturated rings. The summed E-state index contributed by atoms with van der Waals surface area (Å²) in [6.07, 6.45) is -1.10. The van der Waals surface area contributed by atoms with Gasteiger partial charge in [0, 0.05) is 50.1 Å². The van der Waals surface area contributed by atoms with Crippen molar-refractivity contribution in [2.45, 2.75) is 56.4 Å². The van der Waals surface area contributed by atoms with Gasteiger partial charge in [0.2, 0.25) is 5.91 Å². The highest BCUT2D eigenvalue weighted by Crippen LogP contribution is 2.40. The van der Waals surface area contributed by atoms with E-state index in [1.54, 1.807) is 20.6 Å². The number of carbonyl (C=O) groups is 2. The monoisotopic (exact) mass is 687 g/mol. The van der Waals surface area contributed by atoms with Crippen LogP contribution in [0.4, 0.5) is 18.0 Å². The first-order valence-corrected chi connectivity index (χ1v) is 16.3. The first kappa shape index (κ1) is 33.6. The number of hydrogen-bond donors (Lipinski definition) is 3. The molecule has 2 aromatic carbocycles. The van der Waals surface area contributed by atoms with Gasteiger partial charge in [-0.3, -0.25) is 14.3 Å². The van der Waals surface area contributed by atoms with Crippen molar-refractivity contribution < 1.29 is 27.9 Å². The second-order valence-electron chi connectivity index (χ2n) is 12.8. The minimum atomic E-state index is -4.87. The number of fused-ring (bicyclic) bond motifs is 3. The number of urea groups is 1. The van der Waals surface area contributed by atoms with Crippen LogP contribution in [0, 0.1) is 0 Å². The number of halogens is 4. The van der Waals surface area contributed by atoms with Crippen LogP contribution >= 0.6 is 11.6 Å². The number of H-pyrrole nitrogens is 1. The van der Waals surface area contributed by atoms with Gasteiger partial charge < -0.3 is 30.1 Å². The molecule has 2 saturated heterocycles. The van der Waals surface area contributed by atoms with Gasteiger partial charge in [0.05, 0.1) is 33.3 Å². The van der Waals surface area contributed by atoms with E-state index in [1.165, 1.54) is 6.07 Å². The second-order valence-corrected chi connectivity index (χ2v) is 13.2. The predicted molar refractivity (Wildman–Crippen MR) is 175 cm³/mol. The first-order chi connectivity index (χ1) is 22.8. The Kier molecular flexibility index (Phi) is 9.31. The molecule has 0 radical (unpaired) electrons. The van der Waals surface area contributed by atoms with Gasteiger partial charge in [-0.15, -0.1) is 0 Å². The smallest absolute Gasteiger partial charge is 0.420 e. The quantitative estimate of drug-likeness (QED) is 0.268. The average Bonchev–Trinajstić information content (AvgIpc) is 3.41. The number of aromatic amines is 1. The van der Waals surface area contributed by atoms with Crippen LogP contribution in [-0.2, 0) is 17.4 Å². The molecule has 3 amide bonds. The Morgan fingerprint density at radius 3 is 2.42 bits per heavy atom. The van der Waals surface area contributed by atoms with Crippen molar-refractivity contribution in [1.29, 1.82) is 0 Å². The summed E-state index contributed by atoms with van der Waals surface area (Å²) in [5, 5.41) is 13.1. The molecule has 0 saturated carbocycles. The zero-order valence-electron chi connectivity index (χ0n) is 26.6. The molecule has 2 aromatic heterocycles. The Balaban J connectivity index is 1.19. The molecular formula is C33H37ClF3N7O4. The van der Waals surface area contributed by atoms with Gasteiger partial charge in [-0.1, -0.05) is 29.8 Å². The topological polar surface area (TPSA) is 127 Å². The number of aromatic nitrogens is 3. The van der Waals surface area contributed by atoms with E-state index in [1.807, 2.05) is 38.4 Å². The summed E-state index contributed by atoms with van der Waals surface area (Å²) in [4.78, 5) is 53.2. The average molecular weight is 688 g/mol. The number of alkyl halides is 3. The highest BCUT2D eigenvalue weighted by Gasteiger charge is 2.37. The summed E-state index contributed by atoms with van der Waals surface area (Å²) in [5.41, 5.74) is 0.610. The number of aromatic hydroxyl groups is 1. The SMILES string of the molecule is CN(C)C1CCN(C(=O)[C@@H](Cc2cc(Cl)c(O)c(C(F)(F)F)c2)NC(=O)N2CCC(n3c(=O)[nH]c4c5ccccc5ncc43)CC2)CC1. The van der Waals surface area contributed by atoms with Crippen LogP contribution in [0.15, 0.2) is 47.4 Å². The number of nitrogens with one attached hydrogen (secondary N) is 2. The molecule has 0 aliphatic carbocycles. The number of rotatable bonds is 6. The maximum Gasteiger partial charge on any atom is 0.420 e. The van der Waals surface area contributed by atoms with Crippen molar-refractivity contribution in [3.63, 3.8) is 0 Å². The van der Waals surface area contributed by atoms with E-state index >= 15 is 0 Å². The maximum atomic E-state index is 13.8. The lowest BCUT2D eigenvalue weighted by Gasteiger charge is -2.38. The Labute approximate surface area is 279 Å². The van der Waals surface area contributed by atoms with Crippen LogP contribution in [0.25, 0.3) is 21.9 Å². The van der Waals surface area contributed by atoms with E-state index in [9.17, 15) is 32.7 Å². The molecule has 4 aromatic rings. The fourth-order valence-electron chi connectivity index (χ4n) is 6.90. The molecule has 1 atom stereocenters. The largest absolute Gasteiger partial charge is 0.506 e. The Morgan fingerprint density at radius 1 is 1.08 bits per heavy atom. The molecule has 0 unspecified atom stereocenters. The molecule has 256 valence electrons. The molecule has 6 rings (SSSR count). The van der Waals surface area contributed by atoms with Gasteiger partial charge in [0.1, 0.15) is 11.8 Å². The molecule has 2 aliphatic rings. The summed E-state index contributed by atoms with van der Waals surface area (Å²) in [6, 6.07) is 7.84. The second kappa shape index (κ2) is 13.3. The van der Waals surface area contributed by atoms with E-state index in [0.717, 1.165) is 17.0 Å². The van der Waals surface area contributed by atoms with Crippen molar-refractivity contribution in [1.82, 2.24) is 34.6 Å². The van der Waals surface area contributed by atoms with Crippen LogP contribution in [-0.4, -0.2) is 98.6 Å². The molecule has 15 heteroatoms. The zero-order chi connectivity index (χ0) is 34.3. The number of para-hydroxylation sites is 1. The lowest BCUT2D eigenvalue weighted by molar-refractivity contribution is -0.138. The summed E-state index contributed by atoms with van der Waals surface area (Å²) in [6.45, 7) is 1.45. The normalized spacial score (nSPS) is 17.4. The number of phenols is 1. The van der Waals surface area contributed by atoms with Gasteiger partial charge in [0.25, 0.3) is 0 Å². The number of carbonyl (C=O) groups excluding carboxylic acids is 2. The highest BCUT2D eigenvalue weighted by molar-refractivity contribution is 6.32. The number of likely N-dealkylation sites (tertiary alicyclic amines) is 2. The highest BCUT2D eigenvalue weighted by atomic mass is 35.5. The van der Waals surface area contributed by atoms with Crippen LogP contribution in [0.3, 0.4) is 0 Å². The Morgan fingerprint density at radius 2 is 1.75 bits per heavy atom. The Hall–Kier alpha value is -4.30. The molecular weight excluding hydrogens is 651 g/mol. The number of amides is 3. The molecule has 0 bridgehead atoms. The first-order valence-electron chi connectivity index (χ1n) is 15.9. The summed E-state index contributed by atoms with van der Waals surface area (Å²) in [7, 11) is 3.93. The van der Waals surface area contributed by atoms with Crippen molar-refractivity contribution in [2.75, 3.05) is 40.3 Å². The van der Waals surface area contributed by atoms with Gasteiger partial charge >= 0.3 is 17.9 Å². The molecule has 2 aliphatic heterocycles. The molecule has 3 N–H and O–H groups in total. The van der Waals surface area contributed by atoms with Crippen molar-refractivity contribution in [2.24, 2.45) is 0 Å². The summed E-state index contributed by atoms with van der Waals surface area (Å²) in [5.74, 6) is -1.50. The van der Waals surface area contributed by atoms with E-state index in [-0.39, 0.29) is 42.8 Å². The third-order valence-corrected chi connectivity index (χ3v) is 9.84. The lowest BCUT2D eigenvalue weighted by atomic mass is 9.99. The number of hydrogen-bond acceptors (Lipinski definition) is 6. The zero-order valence-corrected chi connectivity index (χ0v) is 27.3. The van der Waals surface area contributed by atoms with Crippen molar-refractivity contribution in [3.05, 3.63) is 69.2 Å². The van der Waals surface area contributed by atoms with Crippen LogP contribution in [0.1, 0.15) is 42.9 Å². The number of imidazole rings is 1. The van der Waals surface area contributed by atoms with Crippen LogP contribution < -0.4 is 11.0 Å². The number of nitrogens with zero attached hydrogens (tertiary/aromatic N) is 5. The van der Waals surface area contributed by atoms with Crippen LogP contribution in [0.2, 0.25) is 5.02 Å². The maximum absolute atomic E-state index is 13.8. The van der Waals surface area contributed by atoms with Gasteiger partial charge in [-0.2, -0.15) is 13.2 Å². The van der Waals surface area contributed by atoms with Crippen molar-refractivity contribution in [3.8, 4) is 5.75 Å². The van der Waals surface area contributed by atoms with E-state index in [2.05, 4.69) is 20.2 Å².